The summed E-state index contributed by atoms with van der Waals surface area (Å²) < 4.78 is 12.5. The van der Waals surface area contributed by atoms with Crippen molar-refractivity contribution in [1.29, 1.82) is 0 Å². The molecule has 2 heterocycles. The number of hydrogen-bond donors (Lipinski definition) is 1. The van der Waals surface area contributed by atoms with E-state index in [0.717, 1.165) is 28.1 Å². The Balaban J connectivity index is 1.73. The van der Waals surface area contributed by atoms with Gasteiger partial charge < -0.3 is 9.47 Å². The molecule has 1 aliphatic carbocycles. The number of hydrogen-bond acceptors (Lipinski definition) is 6. The van der Waals surface area contributed by atoms with Gasteiger partial charge in [-0.15, -0.1) is 11.3 Å². The number of rotatable bonds is 4. The number of anilines is 1. The number of amides is 1. The number of aromatic nitrogens is 3. The van der Waals surface area contributed by atoms with Crippen LogP contribution in [0.3, 0.4) is 0 Å². The smallest absolute Gasteiger partial charge is 0.278 e. The number of carbonyl (C=O) groups excluding carboxylic acids is 1. The Bertz CT molecular complexity index is 1020. The van der Waals surface area contributed by atoms with Crippen LogP contribution in [0.25, 0.3) is 11.3 Å². The van der Waals surface area contributed by atoms with Gasteiger partial charge >= 0.3 is 0 Å². The largest absolute Gasteiger partial charge is 0.493 e. The Labute approximate surface area is 154 Å². The highest BCUT2D eigenvalue weighted by Gasteiger charge is 2.31. The lowest BCUT2D eigenvalue weighted by Crippen LogP contribution is -2.14. The summed E-state index contributed by atoms with van der Waals surface area (Å²) in [5, 5.41) is 9.75. The van der Waals surface area contributed by atoms with Crippen LogP contribution in [-0.2, 0) is 13.5 Å². The number of methoxy groups -OCH3 is 2. The number of benzene rings is 1. The first kappa shape index (κ1) is 16.6. The lowest BCUT2D eigenvalue weighted by Gasteiger charge is -2.11. The molecule has 1 amide bonds. The maximum absolute atomic E-state index is 12.7. The van der Waals surface area contributed by atoms with Gasteiger partial charge in [0.05, 0.1) is 25.6 Å². The molecule has 0 radical (unpaired) electrons. The Hall–Kier alpha value is -2.87. The molecule has 0 fully saturated rings. The summed E-state index contributed by atoms with van der Waals surface area (Å²) in [5.74, 6) is 1.09. The summed E-state index contributed by atoms with van der Waals surface area (Å²) in [7, 11) is 5.07. The lowest BCUT2D eigenvalue weighted by atomic mass is 10.1. The third kappa shape index (κ3) is 2.53. The molecule has 0 atom stereocenters. The molecular weight excluding hydrogens is 352 g/mol. The Kier molecular flexibility index (Phi) is 3.91. The highest BCUT2D eigenvalue weighted by molar-refractivity contribution is 7.13. The first-order valence-electron chi connectivity index (χ1n) is 8.06. The van der Waals surface area contributed by atoms with Gasteiger partial charge in [-0.1, -0.05) is 0 Å². The highest BCUT2D eigenvalue weighted by Crippen LogP contribution is 2.43. The fourth-order valence-electron chi connectivity index (χ4n) is 3.30. The molecule has 2 aromatic heterocycles. The van der Waals surface area contributed by atoms with Crippen LogP contribution >= 0.6 is 11.3 Å². The van der Waals surface area contributed by atoms with Crippen molar-refractivity contribution in [2.75, 3.05) is 19.5 Å². The average Bonchev–Trinajstić information content (AvgIpc) is 3.28. The molecule has 0 aliphatic heterocycles. The molecule has 0 unspecified atom stereocenters. The van der Waals surface area contributed by atoms with E-state index in [1.807, 2.05) is 31.5 Å². The molecule has 0 spiro atoms. The lowest BCUT2D eigenvalue weighted by molar-refractivity contribution is 0.102. The van der Waals surface area contributed by atoms with E-state index in [9.17, 15) is 4.79 Å². The minimum Gasteiger partial charge on any atom is -0.493 e. The number of fused-ring (bicyclic) bond motifs is 3. The number of carbonyl (C=O) groups is 1. The highest BCUT2D eigenvalue weighted by atomic mass is 32.1. The van der Waals surface area contributed by atoms with E-state index in [1.165, 1.54) is 11.3 Å². The first-order chi connectivity index (χ1) is 12.5. The molecule has 134 valence electrons. The Morgan fingerprint density at radius 3 is 2.65 bits per heavy atom. The van der Waals surface area contributed by atoms with E-state index in [0.29, 0.717) is 28.7 Å². The van der Waals surface area contributed by atoms with Crippen molar-refractivity contribution in [3.8, 4) is 22.8 Å². The van der Waals surface area contributed by atoms with E-state index >= 15 is 0 Å². The van der Waals surface area contributed by atoms with Gasteiger partial charge in [0.15, 0.2) is 22.3 Å². The summed E-state index contributed by atoms with van der Waals surface area (Å²) in [6, 6.07) is 3.90. The van der Waals surface area contributed by atoms with Crippen LogP contribution in [0.15, 0.2) is 17.5 Å². The molecule has 0 saturated heterocycles. The monoisotopic (exact) mass is 370 g/mol. The molecule has 0 bridgehead atoms. The minimum absolute atomic E-state index is 0.247. The van der Waals surface area contributed by atoms with Crippen molar-refractivity contribution in [3.63, 3.8) is 0 Å². The maximum atomic E-state index is 12.7. The van der Waals surface area contributed by atoms with E-state index < -0.39 is 0 Å². The van der Waals surface area contributed by atoms with Gasteiger partial charge in [0.1, 0.15) is 0 Å². The van der Waals surface area contributed by atoms with Gasteiger partial charge in [-0.05, 0) is 24.6 Å². The number of thiazole rings is 1. The van der Waals surface area contributed by atoms with Gasteiger partial charge in [0, 0.05) is 30.0 Å². The zero-order valence-electron chi connectivity index (χ0n) is 14.9. The van der Waals surface area contributed by atoms with Crippen LogP contribution in [0, 0.1) is 6.92 Å². The van der Waals surface area contributed by atoms with Crippen molar-refractivity contribution in [2.45, 2.75) is 13.3 Å². The summed E-state index contributed by atoms with van der Waals surface area (Å²) in [6.07, 6.45) is 0.624. The second kappa shape index (κ2) is 6.14. The van der Waals surface area contributed by atoms with Crippen molar-refractivity contribution in [1.82, 2.24) is 14.8 Å². The van der Waals surface area contributed by atoms with Crippen molar-refractivity contribution < 1.29 is 14.3 Å². The Morgan fingerprint density at radius 1 is 1.27 bits per heavy atom. The standard InChI is InChI=1S/C18H18N4O3S/c1-9-8-26-18(19-9)20-17(23)15-12-5-10-6-13(24-3)14(25-4)7-11(10)16(12)22(2)21-15/h6-8H,5H2,1-4H3,(H,19,20,23). The van der Waals surface area contributed by atoms with Gasteiger partial charge in [-0.2, -0.15) is 5.10 Å². The van der Waals surface area contributed by atoms with Crippen LogP contribution in [0.2, 0.25) is 0 Å². The van der Waals surface area contributed by atoms with Crippen molar-refractivity contribution >= 4 is 22.4 Å². The summed E-state index contributed by atoms with van der Waals surface area (Å²) in [4.78, 5) is 17.0. The number of aryl methyl sites for hydroxylation is 2. The van der Waals surface area contributed by atoms with Gasteiger partial charge in [-0.3, -0.25) is 14.8 Å². The quantitative estimate of drug-likeness (QED) is 0.597. The van der Waals surface area contributed by atoms with E-state index in [-0.39, 0.29) is 5.91 Å². The van der Waals surface area contributed by atoms with E-state index in [2.05, 4.69) is 15.4 Å². The minimum atomic E-state index is -0.247. The van der Waals surface area contributed by atoms with Crippen LogP contribution in [0.1, 0.15) is 27.3 Å². The van der Waals surface area contributed by atoms with Crippen LogP contribution < -0.4 is 14.8 Å². The van der Waals surface area contributed by atoms with Crippen LogP contribution in [0.5, 0.6) is 11.5 Å². The molecule has 1 aliphatic rings. The summed E-state index contributed by atoms with van der Waals surface area (Å²) in [6.45, 7) is 1.89. The SMILES string of the molecule is COc1cc2c(cc1OC)-c1c(c(C(=O)Nc3nc(C)cs3)nn1C)C2. The third-order valence-corrected chi connectivity index (χ3v) is 5.31. The molecule has 1 N–H and O–H groups in total. The molecule has 7 nitrogen and oxygen atoms in total. The number of nitrogens with one attached hydrogen (secondary N) is 1. The zero-order chi connectivity index (χ0) is 18.4. The Morgan fingerprint density at radius 2 is 2.00 bits per heavy atom. The number of ether oxygens (including phenoxy) is 2. The van der Waals surface area contributed by atoms with Gasteiger partial charge in [0.25, 0.3) is 5.91 Å². The summed E-state index contributed by atoms with van der Waals surface area (Å²) >= 11 is 1.40. The maximum Gasteiger partial charge on any atom is 0.278 e. The van der Waals surface area contributed by atoms with Crippen molar-refractivity contribution in [2.24, 2.45) is 7.05 Å². The van der Waals surface area contributed by atoms with E-state index in [4.69, 9.17) is 9.47 Å². The van der Waals surface area contributed by atoms with Crippen molar-refractivity contribution in [3.05, 3.63) is 40.0 Å². The molecule has 8 heteroatoms. The molecule has 1 aromatic carbocycles. The second-order valence-electron chi connectivity index (χ2n) is 6.09. The summed E-state index contributed by atoms with van der Waals surface area (Å²) in [5.41, 5.74) is 5.24. The van der Waals surface area contributed by atoms with Gasteiger partial charge in [-0.25, -0.2) is 4.98 Å². The molecule has 3 aromatic rings. The first-order valence-corrected chi connectivity index (χ1v) is 8.94. The van der Waals surface area contributed by atoms with Gasteiger partial charge in [0.2, 0.25) is 0 Å². The van der Waals surface area contributed by atoms with Crippen LogP contribution in [0.4, 0.5) is 5.13 Å². The topological polar surface area (TPSA) is 78.3 Å². The predicted molar refractivity (Wildman–Crippen MR) is 99.4 cm³/mol. The molecule has 4 rings (SSSR count). The average molecular weight is 370 g/mol. The normalized spacial score (nSPS) is 11.8. The van der Waals surface area contributed by atoms with Crippen LogP contribution in [-0.4, -0.2) is 34.9 Å². The molecule has 26 heavy (non-hydrogen) atoms. The molecular formula is C18H18N4O3S. The zero-order valence-corrected chi connectivity index (χ0v) is 15.7. The molecule has 0 saturated carbocycles. The third-order valence-electron chi connectivity index (χ3n) is 4.43. The second-order valence-corrected chi connectivity index (χ2v) is 6.95. The fraction of sp³-hybridized carbons (Fsp3) is 0.278. The fourth-order valence-corrected chi connectivity index (χ4v) is 3.98. The predicted octanol–water partition coefficient (Wildman–Crippen LogP) is 3.03. The van der Waals surface area contributed by atoms with E-state index in [1.54, 1.807) is 18.9 Å². The number of nitrogens with zero attached hydrogens (tertiary/aromatic N) is 3.